The zero-order valence-electron chi connectivity index (χ0n) is 20.3. The molecule has 1 heterocycles. The maximum Gasteiger partial charge on any atom is 0.304 e. The molecule has 7 nitrogen and oxygen atoms in total. The van der Waals surface area contributed by atoms with Crippen LogP contribution in [0.1, 0.15) is 52.9 Å². The molecule has 1 aliphatic heterocycles. The number of hydrazine groups is 1. The average molecular weight is 473 g/mol. The van der Waals surface area contributed by atoms with Crippen molar-refractivity contribution < 1.29 is 23.7 Å². The Hall–Kier alpha value is -4.13. The normalized spacial score (nSPS) is 18.4. The van der Waals surface area contributed by atoms with Gasteiger partial charge in [-0.15, -0.1) is 10.1 Å². The molecule has 2 atom stereocenters. The van der Waals surface area contributed by atoms with Crippen LogP contribution in [-0.4, -0.2) is 43.0 Å². The molecule has 1 saturated heterocycles. The summed E-state index contributed by atoms with van der Waals surface area (Å²) < 4.78 is 12.2. The van der Waals surface area contributed by atoms with Crippen molar-refractivity contribution >= 4 is 18.0 Å². The summed E-state index contributed by atoms with van der Waals surface area (Å²) in [6.07, 6.45) is 1.89. The number of nitrogens with zero attached hydrogens (tertiary/aromatic N) is 1. The predicted molar refractivity (Wildman–Crippen MR) is 134 cm³/mol. The summed E-state index contributed by atoms with van der Waals surface area (Å²) >= 11 is 0. The highest BCUT2D eigenvalue weighted by atomic mass is 16.5. The third-order valence-corrected chi connectivity index (χ3v) is 6.12. The molecule has 0 aliphatic carbocycles. The molecule has 3 aromatic rings. The van der Waals surface area contributed by atoms with E-state index in [-0.39, 0.29) is 11.8 Å². The number of hydrazone groups is 1. The molecule has 35 heavy (non-hydrogen) atoms. The van der Waals surface area contributed by atoms with Crippen LogP contribution in [0.2, 0.25) is 0 Å². The number of carbonyl (C=O) groups excluding carboxylic acids is 2. The van der Waals surface area contributed by atoms with E-state index in [0.29, 0.717) is 23.0 Å². The Morgan fingerprint density at radius 1 is 0.914 bits per heavy atom. The van der Waals surface area contributed by atoms with Gasteiger partial charge in [0.15, 0.2) is 6.04 Å². The first kappa shape index (κ1) is 24.0. The van der Waals surface area contributed by atoms with Gasteiger partial charge in [-0.1, -0.05) is 26.0 Å². The van der Waals surface area contributed by atoms with Gasteiger partial charge in [0, 0.05) is 16.7 Å². The zero-order chi connectivity index (χ0) is 24.9. The number of rotatable bonds is 7. The second kappa shape index (κ2) is 10.4. The summed E-state index contributed by atoms with van der Waals surface area (Å²) in [4.78, 5) is 26.1. The summed E-state index contributed by atoms with van der Waals surface area (Å²) in [5, 5.41) is 2.91. The molecule has 2 amide bonds. The first-order valence-corrected chi connectivity index (χ1v) is 11.5. The van der Waals surface area contributed by atoms with Gasteiger partial charge in [-0.3, -0.25) is 9.59 Å². The van der Waals surface area contributed by atoms with Crippen molar-refractivity contribution in [1.29, 1.82) is 0 Å². The van der Waals surface area contributed by atoms with Crippen molar-refractivity contribution in [2.75, 3.05) is 14.2 Å². The zero-order valence-corrected chi connectivity index (χ0v) is 20.3. The average Bonchev–Trinajstić information content (AvgIpc) is 3.18. The van der Waals surface area contributed by atoms with Gasteiger partial charge in [-0.05, 0) is 72.1 Å². The number of hydrogen-bond donors (Lipinski definition) is 2. The SMILES string of the molecule is COc1ccc(C(=O)N[C@H]2C(=O)N/[N+](=C\c3ccc(C(C)C)cc3)[C@H]2c2ccc(OC)cc2)cc1. The lowest BCUT2D eigenvalue weighted by Gasteiger charge is -2.15. The van der Waals surface area contributed by atoms with Crippen LogP contribution >= 0.6 is 0 Å². The molecule has 0 spiro atoms. The Labute approximate surface area is 205 Å². The Bertz CT molecular complexity index is 1220. The van der Waals surface area contributed by atoms with Crippen LogP contribution in [0.3, 0.4) is 0 Å². The topological polar surface area (TPSA) is 79.7 Å². The summed E-state index contributed by atoms with van der Waals surface area (Å²) in [5.41, 5.74) is 6.40. The summed E-state index contributed by atoms with van der Waals surface area (Å²) in [6, 6.07) is 21.2. The lowest BCUT2D eigenvalue weighted by molar-refractivity contribution is -0.596. The number of amides is 2. The molecule has 0 radical (unpaired) electrons. The third-order valence-electron chi connectivity index (χ3n) is 6.12. The summed E-state index contributed by atoms with van der Waals surface area (Å²) in [5.74, 6) is 1.17. The van der Waals surface area contributed by atoms with Crippen molar-refractivity contribution in [1.82, 2.24) is 10.7 Å². The van der Waals surface area contributed by atoms with Crippen LogP contribution < -0.4 is 20.2 Å². The Morgan fingerprint density at radius 2 is 1.49 bits per heavy atom. The van der Waals surface area contributed by atoms with Crippen molar-refractivity contribution in [2.45, 2.75) is 31.8 Å². The van der Waals surface area contributed by atoms with Gasteiger partial charge in [-0.2, -0.15) is 0 Å². The minimum Gasteiger partial charge on any atom is -0.497 e. The Morgan fingerprint density at radius 3 is 2.03 bits per heavy atom. The van der Waals surface area contributed by atoms with Gasteiger partial charge in [0.1, 0.15) is 11.5 Å². The molecule has 3 aromatic carbocycles. The van der Waals surface area contributed by atoms with Crippen molar-refractivity contribution in [2.24, 2.45) is 0 Å². The summed E-state index contributed by atoms with van der Waals surface area (Å²) in [6.45, 7) is 4.30. The molecular weight excluding hydrogens is 442 g/mol. The number of hydrogen-bond acceptors (Lipinski definition) is 4. The molecule has 1 fully saturated rings. The lowest BCUT2D eigenvalue weighted by Crippen LogP contribution is -2.42. The molecule has 0 unspecified atom stereocenters. The first-order chi connectivity index (χ1) is 16.9. The number of benzene rings is 3. The van der Waals surface area contributed by atoms with E-state index in [1.807, 2.05) is 42.6 Å². The van der Waals surface area contributed by atoms with Crippen LogP contribution in [0.5, 0.6) is 11.5 Å². The van der Waals surface area contributed by atoms with E-state index >= 15 is 0 Å². The number of methoxy groups -OCH3 is 2. The van der Waals surface area contributed by atoms with E-state index in [4.69, 9.17) is 9.47 Å². The number of ether oxygens (including phenoxy) is 2. The van der Waals surface area contributed by atoms with Crippen LogP contribution in [0.25, 0.3) is 0 Å². The second-order valence-electron chi connectivity index (χ2n) is 8.73. The highest BCUT2D eigenvalue weighted by Crippen LogP contribution is 2.27. The molecule has 7 heteroatoms. The van der Waals surface area contributed by atoms with Gasteiger partial charge >= 0.3 is 5.91 Å². The molecular formula is C28H30N3O4+. The van der Waals surface area contributed by atoms with Crippen LogP contribution in [0.15, 0.2) is 72.8 Å². The standard InChI is InChI=1S/C28H29N3O4/c1-18(2)20-7-5-19(6-8-20)17-31-26(21-9-13-23(34-3)14-10-21)25(28(33)30-31)29-27(32)22-11-15-24(35-4)16-12-22/h5-18,25-26H,1-4H3,(H-,29,30,32,33)/p+1/b31-17-/t25-,26+/m1/s1. The van der Waals surface area contributed by atoms with E-state index in [1.165, 1.54) is 5.56 Å². The largest absolute Gasteiger partial charge is 0.497 e. The minimum absolute atomic E-state index is 0.289. The predicted octanol–water partition coefficient (Wildman–Crippen LogP) is 3.84. The van der Waals surface area contributed by atoms with Crippen molar-refractivity contribution in [3.8, 4) is 11.5 Å². The van der Waals surface area contributed by atoms with Gasteiger partial charge in [0.25, 0.3) is 5.91 Å². The van der Waals surface area contributed by atoms with E-state index in [1.54, 1.807) is 43.2 Å². The maximum absolute atomic E-state index is 13.1. The highest BCUT2D eigenvalue weighted by molar-refractivity contribution is 5.98. The third kappa shape index (κ3) is 5.35. The molecule has 180 valence electrons. The van der Waals surface area contributed by atoms with E-state index in [0.717, 1.165) is 11.1 Å². The number of nitrogens with one attached hydrogen (secondary N) is 2. The van der Waals surface area contributed by atoms with Crippen LogP contribution in [-0.2, 0) is 4.79 Å². The highest BCUT2D eigenvalue weighted by Gasteiger charge is 2.47. The molecule has 4 rings (SSSR count). The Kier molecular flexibility index (Phi) is 7.15. The monoisotopic (exact) mass is 472 g/mol. The van der Waals surface area contributed by atoms with Gasteiger partial charge in [0.05, 0.1) is 14.2 Å². The Balaban J connectivity index is 1.67. The van der Waals surface area contributed by atoms with E-state index in [9.17, 15) is 9.59 Å². The van der Waals surface area contributed by atoms with Gasteiger partial charge < -0.3 is 14.8 Å². The molecule has 0 bridgehead atoms. The van der Waals surface area contributed by atoms with Crippen LogP contribution in [0.4, 0.5) is 0 Å². The second-order valence-corrected chi connectivity index (χ2v) is 8.73. The molecule has 2 N–H and O–H groups in total. The lowest BCUT2D eigenvalue weighted by atomic mass is 9.99. The van der Waals surface area contributed by atoms with Gasteiger partial charge in [0.2, 0.25) is 12.3 Å². The number of carbonyl (C=O) groups is 2. The van der Waals surface area contributed by atoms with Crippen LogP contribution in [0, 0.1) is 0 Å². The fourth-order valence-electron chi connectivity index (χ4n) is 4.08. The molecule has 1 aliphatic rings. The van der Waals surface area contributed by atoms with E-state index in [2.05, 4.69) is 36.7 Å². The maximum atomic E-state index is 13.1. The smallest absolute Gasteiger partial charge is 0.304 e. The fourth-order valence-corrected chi connectivity index (χ4v) is 4.08. The quantitative estimate of drug-likeness (QED) is 0.512. The summed E-state index contributed by atoms with van der Waals surface area (Å²) in [7, 11) is 3.17. The fraction of sp³-hybridized carbons (Fsp3) is 0.250. The van der Waals surface area contributed by atoms with Crippen molar-refractivity contribution in [3.63, 3.8) is 0 Å². The van der Waals surface area contributed by atoms with E-state index < -0.39 is 12.1 Å². The first-order valence-electron chi connectivity index (χ1n) is 11.5. The van der Waals surface area contributed by atoms with Crippen molar-refractivity contribution in [3.05, 3.63) is 95.1 Å². The molecule has 0 aromatic heterocycles. The van der Waals surface area contributed by atoms with Gasteiger partial charge in [-0.25, -0.2) is 0 Å². The molecule has 0 saturated carbocycles. The minimum atomic E-state index is -0.802.